The van der Waals surface area contributed by atoms with E-state index in [1.54, 1.807) is 19.2 Å². The van der Waals surface area contributed by atoms with E-state index in [1.807, 2.05) is 32.0 Å². The smallest absolute Gasteiger partial charge is 0.335 e. The number of benzene rings is 2. The van der Waals surface area contributed by atoms with Crippen molar-refractivity contribution < 1.29 is 14.7 Å². The third-order valence-electron chi connectivity index (χ3n) is 3.25. The molecule has 0 unspecified atom stereocenters. The zero-order valence-corrected chi connectivity index (χ0v) is 12.3. The maximum absolute atomic E-state index is 12.5. The van der Waals surface area contributed by atoms with Gasteiger partial charge >= 0.3 is 5.97 Å². The van der Waals surface area contributed by atoms with Gasteiger partial charge in [0.15, 0.2) is 0 Å². The van der Waals surface area contributed by atoms with Gasteiger partial charge in [-0.1, -0.05) is 12.1 Å². The summed E-state index contributed by atoms with van der Waals surface area (Å²) in [5, 5.41) is 8.99. The molecule has 0 fully saturated rings. The molecule has 0 saturated carbocycles. The minimum Gasteiger partial charge on any atom is -0.478 e. The SMILES string of the molecule is Cc1cc(C)cc(N(C)C(=O)c2cccc(C(=O)O)c2)c1. The maximum Gasteiger partial charge on any atom is 0.335 e. The average Bonchev–Trinajstić information content (AvgIpc) is 2.44. The number of amides is 1. The van der Waals surface area contributed by atoms with E-state index in [2.05, 4.69) is 0 Å². The van der Waals surface area contributed by atoms with Gasteiger partial charge in [0.2, 0.25) is 0 Å². The standard InChI is InChI=1S/C17H17NO3/c1-11-7-12(2)9-15(8-11)18(3)16(19)13-5-4-6-14(10-13)17(20)21/h4-10H,1-3H3,(H,20,21). The molecule has 0 aliphatic carbocycles. The number of rotatable bonds is 3. The third kappa shape index (κ3) is 3.28. The molecule has 0 aromatic heterocycles. The van der Waals surface area contributed by atoms with E-state index in [4.69, 9.17) is 5.11 Å². The quantitative estimate of drug-likeness (QED) is 0.940. The van der Waals surface area contributed by atoms with Crippen LogP contribution < -0.4 is 4.90 Å². The van der Waals surface area contributed by atoms with Crippen LogP contribution in [0, 0.1) is 13.8 Å². The molecular weight excluding hydrogens is 266 g/mol. The number of carboxylic acid groups (broad SMARTS) is 1. The highest BCUT2D eigenvalue weighted by Crippen LogP contribution is 2.20. The van der Waals surface area contributed by atoms with Gasteiger partial charge in [-0.15, -0.1) is 0 Å². The van der Waals surface area contributed by atoms with Crippen molar-refractivity contribution in [3.05, 3.63) is 64.7 Å². The number of carboxylic acids is 1. The van der Waals surface area contributed by atoms with Gasteiger partial charge < -0.3 is 10.0 Å². The lowest BCUT2D eigenvalue weighted by Gasteiger charge is -2.19. The van der Waals surface area contributed by atoms with Crippen LogP contribution in [0.25, 0.3) is 0 Å². The molecule has 2 aromatic carbocycles. The molecule has 0 atom stereocenters. The van der Waals surface area contributed by atoms with Gasteiger partial charge in [-0.2, -0.15) is 0 Å². The average molecular weight is 283 g/mol. The minimum atomic E-state index is -1.04. The van der Waals surface area contributed by atoms with Gasteiger partial charge in [0.25, 0.3) is 5.91 Å². The Morgan fingerprint density at radius 1 is 0.952 bits per heavy atom. The Bertz CT molecular complexity index is 687. The molecule has 2 rings (SSSR count). The topological polar surface area (TPSA) is 57.6 Å². The monoisotopic (exact) mass is 283 g/mol. The molecule has 0 aliphatic heterocycles. The summed E-state index contributed by atoms with van der Waals surface area (Å²) in [5.74, 6) is -1.28. The lowest BCUT2D eigenvalue weighted by Crippen LogP contribution is -2.26. The fourth-order valence-electron chi connectivity index (χ4n) is 2.24. The summed E-state index contributed by atoms with van der Waals surface area (Å²) in [6, 6.07) is 11.9. The summed E-state index contributed by atoms with van der Waals surface area (Å²) in [5.41, 5.74) is 3.40. The van der Waals surface area contributed by atoms with Crippen LogP contribution in [0.3, 0.4) is 0 Å². The first-order chi connectivity index (χ1) is 9.88. The van der Waals surface area contributed by atoms with E-state index in [0.29, 0.717) is 5.56 Å². The molecule has 4 nitrogen and oxygen atoms in total. The van der Waals surface area contributed by atoms with Crippen LogP contribution >= 0.6 is 0 Å². The Hall–Kier alpha value is -2.62. The van der Waals surface area contributed by atoms with Gasteiger partial charge in [0, 0.05) is 18.3 Å². The van der Waals surface area contributed by atoms with Gasteiger partial charge in [-0.3, -0.25) is 4.79 Å². The van der Waals surface area contributed by atoms with Crippen molar-refractivity contribution in [1.82, 2.24) is 0 Å². The van der Waals surface area contributed by atoms with Gasteiger partial charge in [0.1, 0.15) is 0 Å². The van der Waals surface area contributed by atoms with Crippen LogP contribution in [-0.4, -0.2) is 24.0 Å². The number of hydrogen-bond donors (Lipinski definition) is 1. The van der Waals surface area contributed by atoms with Crippen LogP contribution in [-0.2, 0) is 0 Å². The highest BCUT2D eigenvalue weighted by atomic mass is 16.4. The van der Waals surface area contributed by atoms with Gasteiger partial charge in [0.05, 0.1) is 5.56 Å². The van der Waals surface area contributed by atoms with Crippen molar-refractivity contribution in [2.24, 2.45) is 0 Å². The van der Waals surface area contributed by atoms with Crippen molar-refractivity contribution in [3.8, 4) is 0 Å². The van der Waals surface area contributed by atoms with Crippen molar-refractivity contribution in [2.45, 2.75) is 13.8 Å². The predicted molar refractivity (Wildman–Crippen MR) is 82.1 cm³/mol. The number of aryl methyl sites for hydroxylation is 2. The van der Waals surface area contributed by atoms with Crippen LogP contribution in [0.4, 0.5) is 5.69 Å². The molecule has 4 heteroatoms. The van der Waals surface area contributed by atoms with E-state index >= 15 is 0 Å². The number of anilines is 1. The molecule has 0 spiro atoms. The molecule has 1 amide bonds. The van der Waals surface area contributed by atoms with Crippen molar-refractivity contribution >= 4 is 17.6 Å². The third-order valence-corrected chi connectivity index (χ3v) is 3.25. The summed E-state index contributed by atoms with van der Waals surface area (Å²) >= 11 is 0. The Balaban J connectivity index is 2.34. The van der Waals surface area contributed by atoms with Crippen LogP contribution in [0.15, 0.2) is 42.5 Å². The molecule has 21 heavy (non-hydrogen) atoms. The molecule has 0 radical (unpaired) electrons. The van der Waals surface area contributed by atoms with E-state index in [9.17, 15) is 9.59 Å². The number of nitrogens with zero attached hydrogens (tertiary/aromatic N) is 1. The molecule has 0 saturated heterocycles. The number of carbonyl (C=O) groups excluding carboxylic acids is 1. The summed E-state index contributed by atoms with van der Waals surface area (Å²) in [6.07, 6.45) is 0. The van der Waals surface area contributed by atoms with E-state index < -0.39 is 5.97 Å². The highest BCUT2D eigenvalue weighted by Gasteiger charge is 2.15. The van der Waals surface area contributed by atoms with Crippen molar-refractivity contribution in [3.63, 3.8) is 0 Å². The van der Waals surface area contributed by atoms with E-state index in [0.717, 1.165) is 16.8 Å². The zero-order chi connectivity index (χ0) is 15.6. The summed E-state index contributed by atoms with van der Waals surface area (Å²) in [7, 11) is 1.68. The normalized spacial score (nSPS) is 10.2. The fourth-order valence-corrected chi connectivity index (χ4v) is 2.24. The van der Waals surface area contributed by atoms with Crippen molar-refractivity contribution in [1.29, 1.82) is 0 Å². The lowest BCUT2D eigenvalue weighted by molar-refractivity contribution is 0.0697. The summed E-state index contributed by atoms with van der Waals surface area (Å²) in [4.78, 5) is 25.0. The molecule has 0 bridgehead atoms. The Morgan fingerprint density at radius 3 is 2.10 bits per heavy atom. The minimum absolute atomic E-state index is 0.106. The Labute approximate surface area is 123 Å². The molecule has 0 aliphatic rings. The zero-order valence-electron chi connectivity index (χ0n) is 12.3. The van der Waals surface area contributed by atoms with E-state index in [1.165, 1.54) is 17.0 Å². The van der Waals surface area contributed by atoms with Crippen LogP contribution in [0.5, 0.6) is 0 Å². The lowest BCUT2D eigenvalue weighted by atomic mass is 10.1. The van der Waals surface area contributed by atoms with E-state index in [-0.39, 0.29) is 11.5 Å². The van der Waals surface area contributed by atoms with Crippen LogP contribution in [0.1, 0.15) is 31.8 Å². The second kappa shape index (κ2) is 5.79. The fraction of sp³-hybridized carbons (Fsp3) is 0.176. The van der Waals surface area contributed by atoms with Crippen molar-refractivity contribution in [2.75, 3.05) is 11.9 Å². The molecular formula is C17H17NO3. The largest absolute Gasteiger partial charge is 0.478 e. The summed E-state index contributed by atoms with van der Waals surface area (Å²) in [6.45, 7) is 3.94. The maximum atomic E-state index is 12.5. The Morgan fingerprint density at radius 2 is 1.52 bits per heavy atom. The molecule has 1 N–H and O–H groups in total. The second-order valence-corrected chi connectivity index (χ2v) is 5.10. The summed E-state index contributed by atoms with van der Waals surface area (Å²) < 4.78 is 0. The first-order valence-corrected chi connectivity index (χ1v) is 6.58. The van der Waals surface area contributed by atoms with Gasteiger partial charge in [-0.05, 0) is 55.3 Å². The number of carbonyl (C=O) groups is 2. The number of hydrogen-bond acceptors (Lipinski definition) is 2. The van der Waals surface area contributed by atoms with Gasteiger partial charge in [-0.25, -0.2) is 4.79 Å². The molecule has 0 heterocycles. The Kier molecular flexibility index (Phi) is 4.08. The number of aromatic carboxylic acids is 1. The highest BCUT2D eigenvalue weighted by molar-refractivity contribution is 6.06. The second-order valence-electron chi connectivity index (χ2n) is 5.10. The predicted octanol–water partition coefficient (Wildman–Crippen LogP) is 3.28. The first-order valence-electron chi connectivity index (χ1n) is 6.58. The first kappa shape index (κ1) is 14.8. The molecule has 2 aromatic rings. The van der Waals surface area contributed by atoms with Crippen LogP contribution in [0.2, 0.25) is 0 Å². The molecule has 108 valence electrons.